The average molecular weight is 393 g/mol. The number of hydrogen-bond donors (Lipinski definition) is 1. The summed E-state index contributed by atoms with van der Waals surface area (Å²) in [7, 11) is 1.65. The normalized spacial score (nSPS) is 15.7. The van der Waals surface area contributed by atoms with Gasteiger partial charge in [0.1, 0.15) is 11.3 Å². The minimum atomic E-state index is -1.20. The third-order valence-electron chi connectivity index (χ3n) is 5.98. The monoisotopic (exact) mass is 393 g/mol. The van der Waals surface area contributed by atoms with Crippen LogP contribution in [-0.2, 0) is 16.7 Å². The van der Waals surface area contributed by atoms with Crippen LogP contribution >= 0.6 is 0 Å². The molecule has 6 heteroatoms. The van der Waals surface area contributed by atoms with E-state index in [2.05, 4.69) is 5.92 Å². The molecule has 0 amide bonds. The number of aromatic carboxylic acids is 1. The third-order valence-corrected chi connectivity index (χ3v) is 5.98. The topological polar surface area (TPSA) is 77.8 Å². The zero-order chi connectivity index (χ0) is 20.6. The number of rotatable bonds is 6. The van der Waals surface area contributed by atoms with Crippen molar-refractivity contribution < 1.29 is 19.4 Å². The van der Waals surface area contributed by atoms with Crippen LogP contribution in [0.2, 0.25) is 0 Å². The number of carboxylic acids is 1. The van der Waals surface area contributed by atoms with E-state index in [-0.39, 0.29) is 11.1 Å². The van der Waals surface area contributed by atoms with Crippen molar-refractivity contribution in [1.82, 2.24) is 4.57 Å². The largest absolute Gasteiger partial charge is 0.492 e. The first kappa shape index (κ1) is 19.3. The van der Waals surface area contributed by atoms with Gasteiger partial charge in [0.05, 0.1) is 17.9 Å². The molecule has 0 unspecified atom stereocenters. The number of nitrogens with zero attached hydrogens (tertiary/aromatic N) is 1. The van der Waals surface area contributed by atoms with E-state index in [0.717, 1.165) is 48.9 Å². The fraction of sp³-hybridized carbons (Fsp3) is 0.391. The van der Waals surface area contributed by atoms with Crippen molar-refractivity contribution >= 4 is 5.97 Å². The number of pyridine rings is 1. The predicted octanol–water partition coefficient (Wildman–Crippen LogP) is 3.05. The Hall–Kier alpha value is -3.04. The first-order valence-electron chi connectivity index (χ1n) is 9.75. The molecule has 4 rings (SSSR count). The second kappa shape index (κ2) is 7.41. The Morgan fingerprint density at radius 2 is 2.10 bits per heavy atom. The number of hydrogen-bond acceptors (Lipinski definition) is 4. The van der Waals surface area contributed by atoms with Crippen LogP contribution in [0.1, 0.15) is 47.2 Å². The number of aromatic nitrogens is 1. The minimum absolute atomic E-state index is 0.189. The van der Waals surface area contributed by atoms with Gasteiger partial charge >= 0.3 is 5.97 Å². The summed E-state index contributed by atoms with van der Waals surface area (Å²) in [6.45, 7) is 1.12. The smallest absolute Gasteiger partial charge is 0.341 e. The second-order valence-corrected chi connectivity index (χ2v) is 7.71. The van der Waals surface area contributed by atoms with Crippen LogP contribution in [0, 0.1) is 12.3 Å². The molecule has 1 aromatic heterocycles. The summed E-state index contributed by atoms with van der Waals surface area (Å²) in [5, 5.41) is 9.40. The van der Waals surface area contributed by atoms with Gasteiger partial charge in [-0.15, -0.1) is 6.42 Å². The lowest BCUT2D eigenvalue weighted by atomic mass is 9.69. The van der Waals surface area contributed by atoms with Gasteiger partial charge in [-0.3, -0.25) is 4.79 Å². The quantitative estimate of drug-likeness (QED) is 0.603. The summed E-state index contributed by atoms with van der Waals surface area (Å²) in [5.74, 6) is 2.14. The third kappa shape index (κ3) is 3.22. The van der Waals surface area contributed by atoms with E-state index in [0.29, 0.717) is 24.5 Å². The molecule has 1 aromatic carbocycles. The van der Waals surface area contributed by atoms with Crippen LogP contribution in [0.3, 0.4) is 0 Å². The van der Waals surface area contributed by atoms with Crippen molar-refractivity contribution in [1.29, 1.82) is 0 Å². The van der Waals surface area contributed by atoms with Gasteiger partial charge < -0.3 is 19.1 Å². The van der Waals surface area contributed by atoms with Crippen molar-refractivity contribution in [3.63, 3.8) is 0 Å². The summed E-state index contributed by atoms with van der Waals surface area (Å²) in [5.41, 5.74) is 2.41. The van der Waals surface area contributed by atoms with Crippen LogP contribution < -0.4 is 10.2 Å². The lowest BCUT2D eigenvalue weighted by Crippen LogP contribution is -2.46. The molecule has 150 valence electrons. The molecule has 0 radical (unpaired) electrons. The van der Waals surface area contributed by atoms with E-state index in [1.54, 1.807) is 7.11 Å². The Morgan fingerprint density at radius 3 is 2.72 bits per heavy atom. The molecule has 2 heterocycles. The fourth-order valence-corrected chi connectivity index (χ4v) is 4.36. The number of carboxylic acid groups (broad SMARTS) is 1. The van der Waals surface area contributed by atoms with E-state index < -0.39 is 11.4 Å². The molecule has 1 aliphatic heterocycles. The van der Waals surface area contributed by atoms with E-state index in [1.807, 2.05) is 16.7 Å². The van der Waals surface area contributed by atoms with Gasteiger partial charge in [-0.2, -0.15) is 0 Å². The summed E-state index contributed by atoms with van der Waals surface area (Å²) in [6.07, 6.45) is 11.7. The van der Waals surface area contributed by atoms with Crippen LogP contribution in [0.15, 0.2) is 29.2 Å². The maximum absolute atomic E-state index is 12.4. The second-order valence-electron chi connectivity index (χ2n) is 7.71. The van der Waals surface area contributed by atoms with Gasteiger partial charge in [0.25, 0.3) is 0 Å². The number of terminal acetylenes is 1. The van der Waals surface area contributed by atoms with Crippen LogP contribution in [0.5, 0.6) is 5.75 Å². The summed E-state index contributed by atoms with van der Waals surface area (Å²) >= 11 is 0. The number of benzene rings is 1. The highest BCUT2D eigenvalue weighted by Gasteiger charge is 2.43. The Labute approximate surface area is 169 Å². The summed E-state index contributed by atoms with van der Waals surface area (Å²) in [6, 6.07) is 5.29. The molecule has 1 aliphatic carbocycles. The molecule has 29 heavy (non-hydrogen) atoms. The van der Waals surface area contributed by atoms with Crippen molar-refractivity contribution in [3.8, 4) is 29.4 Å². The average Bonchev–Trinajstić information content (AvgIpc) is 2.68. The standard InChI is InChI=1S/C23H23NO5/c1-3-15-10-17-16(11-21(15)29-9-5-8-28-2)13-23(6-4-7-23)24-14-18(22(26)27)20(25)12-19(17)24/h1,10-12,14H,4-9,13H2,2H3,(H,26,27). The first-order valence-corrected chi connectivity index (χ1v) is 9.75. The number of ether oxygens (including phenoxy) is 2. The Kier molecular flexibility index (Phi) is 4.93. The van der Waals surface area contributed by atoms with Crippen molar-refractivity contribution in [3.05, 3.63) is 51.3 Å². The molecule has 1 saturated carbocycles. The maximum atomic E-state index is 12.4. The van der Waals surface area contributed by atoms with Gasteiger partial charge in [0, 0.05) is 43.5 Å². The molecule has 1 N–H and O–H groups in total. The van der Waals surface area contributed by atoms with Gasteiger partial charge in [-0.1, -0.05) is 5.92 Å². The van der Waals surface area contributed by atoms with E-state index in [1.165, 1.54) is 12.3 Å². The summed E-state index contributed by atoms with van der Waals surface area (Å²) < 4.78 is 13.0. The van der Waals surface area contributed by atoms with Gasteiger partial charge in [0.2, 0.25) is 0 Å². The lowest BCUT2D eigenvalue weighted by molar-refractivity contribution is 0.0691. The summed E-state index contributed by atoms with van der Waals surface area (Å²) in [4.78, 5) is 23.9. The highest BCUT2D eigenvalue weighted by molar-refractivity contribution is 5.88. The fourth-order valence-electron chi connectivity index (χ4n) is 4.36. The zero-order valence-corrected chi connectivity index (χ0v) is 16.4. The minimum Gasteiger partial charge on any atom is -0.492 e. The van der Waals surface area contributed by atoms with Gasteiger partial charge in [0.15, 0.2) is 5.43 Å². The highest BCUT2D eigenvalue weighted by Crippen LogP contribution is 2.49. The van der Waals surface area contributed by atoms with Gasteiger partial charge in [-0.05, 0) is 43.4 Å². The van der Waals surface area contributed by atoms with Crippen LogP contribution in [0.4, 0.5) is 0 Å². The van der Waals surface area contributed by atoms with Crippen molar-refractivity contribution in [2.24, 2.45) is 0 Å². The molecule has 1 spiro atoms. The Morgan fingerprint density at radius 1 is 1.31 bits per heavy atom. The number of methoxy groups -OCH3 is 1. The Balaban J connectivity index is 1.82. The molecule has 6 nitrogen and oxygen atoms in total. The molecule has 2 aromatic rings. The SMILES string of the molecule is C#Cc1cc2c(cc1OCCCOC)CC1(CCC1)n1cc(C(=O)O)c(=O)cc1-2. The Bertz CT molecular complexity index is 1070. The van der Waals surface area contributed by atoms with Crippen LogP contribution in [-0.4, -0.2) is 36.0 Å². The van der Waals surface area contributed by atoms with Crippen molar-refractivity contribution in [2.45, 2.75) is 37.6 Å². The molecule has 0 atom stereocenters. The lowest BCUT2D eigenvalue weighted by Gasteiger charge is -2.48. The molecule has 2 aliphatic rings. The molecule has 1 fully saturated rings. The predicted molar refractivity (Wildman–Crippen MR) is 109 cm³/mol. The zero-order valence-electron chi connectivity index (χ0n) is 16.4. The molecule has 0 bridgehead atoms. The molecular formula is C23H23NO5. The van der Waals surface area contributed by atoms with Crippen molar-refractivity contribution in [2.75, 3.05) is 20.3 Å². The number of carbonyl (C=O) groups is 1. The molecule has 0 saturated heterocycles. The molecular weight excluding hydrogens is 370 g/mol. The van der Waals surface area contributed by atoms with Gasteiger partial charge in [-0.25, -0.2) is 4.79 Å². The van der Waals surface area contributed by atoms with E-state index in [9.17, 15) is 14.7 Å². The van der Waals surface area contributed by atoms with E-state index >= 15 is 0 Å². The van der Waals surface area contributed by atoms with E-state index in [4.69, 9.17) is 15.9 Å². The van der Waals surface area contributed by atoms with Crippen LogP contribution in [0.25, 0.3) is 11.3 Å². The first-order chi connectivity index (χ1) is 14.0. The maximum Gasteiger partial charge on any atom is 0.341 e. The number of fused-ring (bicyclic) bond motifs is 4. The highest BCUT2D eigenvalue weighted by atomic mass is 16.5.